The molecule has 1 fully saturated rings. The van der Waals surface area contributed by atoms with Crippen LogP contribution in [0.25, 0.3) is 0 Å². The van der Waals surface area contributed by atoms with Crippen molar-refractivity contribution in [1.82, 2.24) is 4.90 Å². The van der Waals surface area contributed by atoms with Crippen molar-refractivity contribution in [3.05, 3.63) is 64.7 Å². The molecular formula is C18H19ClN2O. The molecule has 0 aromatic heterocycles. The summed E-state index contributed by atoms with van der Waals surface area (Å²) in [5, 5.41) is 3.57. The Hall–Kier alpha value is -1.84. The van der Waals surface area contributed by atoms with Crippen LogP contribution in [-0.2, 0) is 6.54 Å². The number of anilines is 1. The number of nitrogens with one attached hydrogen (secondary N) is 1. The minimum absolute atomic E-state index is 0.116. The van der Waals surface area contributed by atoms with Gasteiger partial charge in [-0.3, -0.25) is 9.69 Å². The minimum atomic E-state index is -0.116. The third kappa shape index (κ3) is 3.87. The maximum absolute atomic E-state index is 12.2. The lowest BCUT2D eigenvalue weighted by Crippen LogP contribution is -2.18. The molecule has 0 bridgehead atoms. The summed E-state index contributed by atoms with van der Waals surface area (Å²) >= 11 is 5.84. The van der Waals surface area contributed by atoms with Crippen molar-refractivity contribution in [2.45, 2.75) is 19.4 Å². The molecule has 1 N–H and O–H groups in total. The van der Waals surface area contributed by atoms with Gasteiger partial charge in [-0.05, 0) is 67.9 Å². The molecule has 2 aromatic rings. The summed E-state index contributed by atoms with van der Waals surface area (Å²) in [6.45, 7) is 3.29. The lowest BCUT2D eigenvalue weighted by molar-refractivity contribution is 0.102. The van der Waals surface area contributed by atoms with Crippen LogP contribution in [-0.4, -0.2) is 23.9 Å². The molecule has 1 amide bonds. The van der Waals surface area contributed by atoms with Crippen LogP contribution in [0.3, 0.4) is 0 Å². The smallest absolute Gasteiger partial charge is 0.255 e. The van der Waals surface area contributed by atoms with Gasteiger partial charge in [0.25, 0.3) is 5.91 Å². The molecule has 3 nitrogen and oxygen atoms in total. The number of halogens is 1. The summed E-state index contributed by atoms with van der Waals surface area (Å²) in [7, 11) is 0. The third-order valence-corrected chi connectivity index (χ3v) is 4.15. The number of likely N-dealkylation sites (tertiary alicyclic amines) is 1. The van der Waals surface area contributed by atoms with E-state index < -0.39 is 0 Å². The van der Waals surface area contributed by atoms with Gasteiger partial charge in [-0.2, -0.15) is 0 Å². The molecule has 0 spiro atoms. The Labute approximate surface area is 135 Å². The maximum atomic E-state index is 12.2. The van der Waals surface area contributed by atoms with Crippen molar-refractivity contribution in [3.63, 3.8) is 0 Å². The van der Waals surface area contributed by atoms with Gasteiger partial charge in [0.2, 0.25) is 0 Å². The largest absolute Gasteiger partial charge is 0.322 e. The number of nitrogens with zero attached hydrogens (tertiary/aromatic N) is 1. The first-order chi connectivity index (χ1) is 10.7. The van der Waals surface area contributed by atoms with Crippen LogP contribution >= 0.6 is 11.6 Å². The highest BCUT2D eigenvalue weighted by molar-refractivity contribution is 6.30. The van der Waals surface area contributed by atoms with Gasteiger partial charge >= 0.3 is 0 Å². The zero-order valence-corrected chi connectivity index (χ0v) is 13.1. The first-order valence-electron chi connectivity index (χ1n) is 7.59. The van der Waals surface area contributed by atoms with E-state index >= 15 is 0 Å². The first kappa shape index (κ1) is 15.1. The van der Waals surface area contributed by atoms with Crippen molar-refractivity contribution >= 4 is 23.2 Å². The molecule has 22 heavy (non-hydrogen) atoms. The number of carbonyl (C=O) groups is 1. The quantitative estimate of drug-likeness (QED) is 0.917. The van der Waals surface area contributed by atoms with Crippen LogP contribution in [0.1, 0.15) is 28.8 Å². The van der Waals surface area contributed by atoms with Gasteiger partial charge in [0.15, 0.2) is 0 Å². The SMILES string of the molecule is O=C(Nc1cccc(CN2CCCC2)c1)c1ccc(Cl)cc1. The predicted octanol–water partition coefficient (Wildman–Crippen LogP) is 4.19. The zero-order valence-electron chi connectivity index (χ0n) is 12.4. The fourth-order valence-corrected chi connectivity index (χ4v) is 2.88. The van der Waals surface area contributed by atoms with Gasteiger partial charge in [-0.25, -0.2) is 0 Å². The predicted molar refractivity (Wildman–Crippen MR) is 90.4 cm³/mol. The second-order valence-corrected chi connectivity index (χ2v) is 6.08. The monoisotopic (exact) mass is 314 g/mol. The fraction of sp³-hybridized carbons (Fsp3) is 0.278. The van der Waals surface area contributed by atoms with Gasteiger partial charge in [-0.1, -0.05) is 23.7 Å². The molecule has 2 aromatic carbocycles. The molecule has 0 radical (unpaired) electrons. The molecule has 3 rings (SSSR count). The zero-order chi connectivity index (χ0) is 15.4. The van der Waals surface area contributed by atoms with Gasteiger partial charge in [0.1, 0.15) is 0 Å². The molecule has 1 heterocycles. The number of benzene rings is 2. The van der Waals surface area contributed by atoms with Crippen molar-refractivity contribution in [3.8, 4) is 0 Å². The minimum Gasteiger partial charge on any atom is -0.322 e. The van der Waals surface area contributed by atoms with Gasteiger partial charge in [0.05, 0.1) is 0 Å². The van der Waals surface area contributed by atoms with Crippen LogP contribution < -0.4 is 5.32 Å². The highest BCUT2D eigenvalue weighted by atomic mass is 35.5. The lowest BCUT2D eigenvalue weighted by atomic mass is 10.1. The van der Waals surface area contributed by atoms with E-state index in [4.69, 9.17) is 11.6 Å². The third-order valence-electron chi connectivity index (χ3n) is 3.90. The van der Waals surface area contributed by atoms with Crippen molar-refractivity contribution in [2.24, 2.45) is 0 Å². The molecule has 114 valence electrons. The van der Waals surface area contributed by atoms with Gasteiger partial charge < -0.3 is 5.32 Å². The van der Waals surface area contributed by atoms with E-state index in [9.17, 15) is 4.79 Å². The van der Waals surface area contributed by atoms with Crippen LogP contribution in [0.15, 0.2) is 48.5 Å². The van der Waals surface area contributed by atoms with E-state index in [2.05, 4.69) is 16.3 Å². The van der Waals surface area contributed by atoms with Crippen LogP contribution in [0.2, 0.25) is 5.02 Å². The van der Waals surface area contributed by atoms with E-state index in [-0.39, 0.29) is 5.91 Å². The highest BCUT2D eigenvalue weighted by Gasteiger charge is 2.12. The molecule has 0 aliphatic carbocycles. The maximum Gasteiger partial charge on any atom is 0.255 e. The van der Waals surface area contributed by atoms with E-state index in [0.29, 0.717) is 10.6 Å². The molecule has 1 aliphatic heterocycles. The summed E-state index contributed by atoms with van der Waals surface area (Å²) in [6, 6.07) is 15.0. The molecule has 0 saturated carbocycles. The molecule has 4 heteroatoms. The Kier molecular flexibility index (Phi) is 4.76. The fourth-order valence-electron chi connectivity index (χ4n) is 2.75. The van der Waals surface area contributed by atoms with Crippen molar-refractivity contribution < 1.29 is 4.79 Å². The Bertz CT molecular complexity index is 648. The van der Waals surface area contributed by atoms with E-state index in [1.165, 1.54) is 31.5 Å². The van der Waals surface area contributed by atoms with Gasteiger partial charge in [-0.15, -0.1) is 0 Å². The molecule has 0 unspecified atom stereocenters. The van der Waals surface area contributed by atoms with E-state index in [1.54, 1.807) is 24.3 Å². The summed E-state index contributed by atoms with van der Waals surface area (Å²) < 4.78 is 0. The second kappa shape index (κ2) is 6.95. The molecule has 0 atom stereocenters. The summed E-state index contributed by atoms with van der Waals surface area (Å²) in [4.78, 5) is 14.7. The van der Waals surface area contributed by atoms with Crippen LogP contribution in [0.4, 0.5) is 5.69 Å². The van der Waals surface area contributed by atoms with Crippen LogP contribution in [0.5, 0.6) is 0 Å². The second-order valence-electron chi connectivity index (χ2n) is 5.64. The number of carbonyl (C=O) groups excluding carboxylic acids is 1. The topological polar surface area (TPSA) is 32.3 Å². The first-order valence-corrected chi connectivity index (χ1v) is 7.97. The Morgan fingerprint density at radius 2 is 1.82 bits per heavy atom. The Morgan fingerprint density at radius 1 is 1.09 bits per heavy atom. The lowest BCUT2D eigenvalue weighted by Gasteiger charge is -2.15. The average molecular weight is 315 g/mol. The van der Waals surface area contributed by atoms with Crippen molar-refractivity contribution in [2.75, 3.05) is 18.4 Å². The average Bonchev–Trinajstić information content (AvgIpc) is 3.01. The standard InChI is InChI=1S/C18H19ClN2O/c19-16-8-6-15(7-9-16)18(22)20-17-5-3-4-14(12-17)13-21-10-1-2-11-21/h3-9,12H,1-2,10-11,13H2,(H,20,22). The Morgan fingerprint density at radius 3 is 2.55 bits per heavy atom. The van der Waals surface area contributed by atoms with E-state index in [1.807, 2.05) is 18.2 Å². The number of amides is 1. The van der Waals surface area contributed by atoms with Gasteiger partial charge in [0, 0.05) is 22.8 Å². The summed E-state index contributed by atoms with van der Waals surface area (Å²) in [5.41, 5.74) is 2.67. The number of rotatable bonds is 4. The molecular weight excluding hydrogens is 296 g/mol. The number of hydrogen-bond donors (Lipinski definition) is 1. The van der Waals surface area contributed by atoms with Crippen LogP contribution in [0, 0.1) is 0 Å². The normalized spacial score (nSPS) is 15.0. The Balaban J connectivity index is 1.66. The van der Waals surface area contributed by atoms with Crippen molar-refractivity contribution in [1.29, 1.82) is 0 Å². The number of hydrogen-bond acceptors (Lipinski definition) is 2. The van der Waals surface area contributed by atoms with E-state index in [0.717, 1.165) is 12.2 Å². The molecule has 1 saturated heterocycles. The molecule has 1 aliphatic rings. The summed E-state index contributed by atoms with van der Waals surface area (Å²) in [6.07, 6.45) is 2.57. The highest BCUT2D eigenvalue weighted by Crippen LogP contribution is 2.17. The summed E-state index contributed by atoms with van der Waals surface area (Å²) in [5.74, 6) is -0.116.